The van der Waals surface area contributed by atoms with E-state index in [0.29, 0.717) is 23.5 Å². The van der Waals surface area contributed by atoms with Gasteiger partial charge in [-0.05, 0) is 42.8 Å². The number of rotatable bonds is 6. The fourth-order valence-electron chi connectivity index (χ4n) is 2.09. The lowest BCUT2D eigenvalue weighted by Crippen LogP contribution is -2.06. The van der Waals surface area contributed by atoms with Gasteiger partial charge in [0, 0.05) is 12.1 Å². The molecule has 26 heavy (non-hydrogen) atoms. The third-order valence-corrected chi connectivity index (χ3v) is 3.33. The summed E-state index contributed by atoms with van der Waals surface area (Å²) >= 11 is 0. The predicted octanol–water partition coefficient (Wildman–Crippen LogP) is 3.36. The molecular formula is C20H17NO5. The van der Waals surface area contributed by atoms with E-state index in [-0.39, 0.29) is 5.75 Å². The van der Waals surface area contributed by atoms with Gasteiger partial charge in [0.2, 0.25) is 0 Å². The number of ether oxygens (including phenoxy) is 3. The van der Waals surface area contributed by atoms with Crippen molar-refractivity contribution in [3.8, 4) is 17.6 Å². The summed E-state index contributed by atoms with van der Waals surface area (Å²) in [5.41, 5.74) is 1.56. The van der Waals surface area contributed by atoms with E-state index in [0.717, 1.165) is 5.56 Å². The zero-order valence-electron chi connectivity index (χ0n) is 14.4. The van der Waals surface area contributed by atoms with E-state index in [1.807, 2.05) is 6.07 Å². The van der Waals surface area contributed by atoms with Crippen molar-refractivity contribution in [3.05, 3.63) is 65.2 Å². The molecule has 6 nitrogen and oxygen atoms in total. The van der Waals surface area contributed by atoms with Crippen molar-refractivity contribution in [2.45, 2.75) is 6.92 Å². The molecule has 2 rings (SSSR count). The fourth-order valence-corrected chi connectivity index (χ4v) is 2.09. The van der Waals surface area contributed by atoms with E-state index in [4.69, 9.17) is 14.7 Å². The number of carbonyl (C=O) groups excluding carboxylic acids is 2. The summed E-state index contributed by atoms with van der Waals surface area (Å²) in [5.74, 6) is -0.450. The summed E-state index contributed by atoms with van der Waals surface area (Å²) in [6, 6.07) is 13.1. The van der Waals surface area contributed by atoms with Gasteiger partial charge in [0.05, 0.1) is 30.9 Å². The summed E-state index contributed by atoms with van der Waals surface area (Å²) in [6.07, 6.45) is 2.83. The van der Waals surface area contributed by atoms with Crippen molar-refractivity contribution < 1.29 is 23.8 Å². The Balaban J connectivity index is 2.07. The molecule has 2 aromatic rings. The van der Waals surface area contributed by atoms with Crippen LogP contribution in [0.25, 0.3) is 6.08 Å². The molecule has 0 aliphatic heterocycles. The Kier molecular flexibility index (Phi) is 6.52. The molecule has 0 saturated heterocycles. The molecule has 0 aromatic heterocycles. The van der Waals surface area contributed by atoms with E-state index in [9.17, 15) is 9.59 Å². The molecule has 0 aliphatic rings. The van der Waals surface area contributed by atoms with Crippen molar-refractivity contribution in [2.75, 3.05) is 13.7 Å². The highest BCUT2D eigenvalue weighted by atomic mass is 16.6. The average Bonchev–Trinajstić information content (AvgIpc) is 2.67. The highest BCUT2D eigenvalue weighted by molar-refractivity contribution is 5.91. The van der Waals surface area contributed by atoms with Crippen molar-refractivity contribution in [1.82, 2.24) is 0 Å². The summed E-state index contributed by atoms with van der Waals surface area (Å²) < 4.78 is 15.3. The van der Waals surface area contributed by atoms with Crippen molar-refractivity contribution in [1.29, 1.82) is 5.26 Å². The van der Waals surface area contributed by atoms with Crippen LogP contribution in [0.1, 0.15) is 28.4 Å². The fraction of sp³-hybridized carbons (Fsp3) is 0.150. The molecule has 0 atom stereocenters. The van der Waals surface area contributed by atoms with Gasteiger partial charge in [-0.15, -0.1) is 0 Å². The first-order chi connectivity index (χ1) is 12.6. The van der Waals surface area contributed by atoms with Crippen LogP contribution in [-0.4, -0.2) is 25.7 Å². The first-order valence-corrected chi connectivity index (χ1v) is 7.82. The van der Waals surface area contributed by atoms with Crippen LogP contribution in [0.3, 0.4) is 0 Å². The van der Waals surface area contributed by atoms with Gasteiger partial charge in [-0.1, -0.05) is 12.1 Å². The van der Waals surface area contributed by atoms with E-state index < -0.39 is 11.9 Å². The Morgan fingerprint density at radius 2 is 1.85 bits per heavy atom. The summed E-state index contributed by atoms with van der Waals surface area (Å²) in [7, 11) is 1.31. The van der Waals surface area contributed by atoms with Gasteiger partial charge in [-0.3, -0.25) is 0 Å². The van der Waals surface area contributed by atoms with Crippen molar-refractivity contribution in [3.63, 3.8) is 0 Å². The number of methoxy groups -OCH3 is 1. The molecule has 132 valence electrons. The summed E-state index contributed by atoms with van der Waals surface area (Å²) in [5, 5.41) is 8.93. The monoisotopic (exact) mass is 351 g/mol. The average molecular weight is 351 g/mol. The zero-order chi connectivity index (χ0) is 18.9. The number of carbonyl (C=O) groups is 2. The van der Waals surface area contributed by atoms with Gasteiger partial charge in [0.1, 0.15) is 0 Å². The Morgan fingerprint density at radius 3 is 2.46 bits per heavy atom. The molecule has 0 radical (unpaired) electrons. The third kappa shape index (κ3) is 4.95. The maximum absolute atomic E-state index is 12.0. The lowest BCUT2D eigenvalue weighted by molar-refractivity contribution is -0.129. The molecule has 0 unspecified atom stereocenters. The van der Waals surface area contributed by atoms with Gasteiger partial charge in [-0.2, -0.15) is 5.26 Å². The molecule has 0 N–H and O–H groups in total. The van der Waals surface area contributed by atoms with Crippen LogP contribution in [-0.2, 0) is 9.53 Å². The molecular weight excluding hydrogens is 334 g/mol. The highest BCUT2D eigenvalue weighted by Crippen LogP contribution is 2.28. The largest absolute Gasteiger partial charge is 0.490 e. The van der Waals surface area contributed by atoms with Crippen LogP contribution in [0.15, 0.2) is 48.5 Å². The van der Waals surface area contributed by atoms with E-state index in [1.54, 1.807) is 43.3 Å². The predicted molar refractivity (Wildman–Crippen MR) is 94.8 cm³/mol. The minimum absolute atomic E-state index is 0.238. The van der Waals surface area contributed by atoms with Crippen LogP contribution < -0.4 is 9.47 Å². The maximum atomic E-state index is 12.0. The van der Waals surface area contributed by atoms with E-state index in [1.165, 1.54) is 25.3 Å². The molecule has 2 aromatic carbocycles. The quantitative estimate of drug-likeness (QED) is 0.451. The standard InChI is InChI=1S/C20H17NO5/c1-3-25-18-12-15(13-21)6-10-17(18)26-19(22)11-7-14-4-8-16(9-5-14)20(23)24-2/h4-12H,3H2,1-2H3/b11-7+. The molecule has 6 heteroatoms. The van der Waals surface area contributed by atoms with Gasteiger partial charge < -0.3 is 14.2 Å². The van der Waals surface area contributed by atoms with Crippen LogP contribution in [0.5, 0.6) is 11.5 Å². The SMILES string of the molecule is CCOc1cc(C#N)ccc1OC(=O)/C=C/c1ccc(C(=O)OC)cc1. The first kappa shape index (κ1) is 18.7. The van der Waals surface area contributed by atoms with Crippen molar-refractivity contribution >= 4 is 18.0 Å². The number of esters is 2. The topological polar surface area (TPSA) is 85.6 Å². The second-order valence-electron chi connectivity index (χ2n) is 5.07. The number of benzene rings is 2. The number of nitriles is 1. The van der Waals surface area contributed by atoms with Crippen LogP contribution in [0.2, 0.25) is 0 Å². The second-order valence-corrected chi connectivity index (χ2v) is 5.07. The Morgan fingerprint density at radius 1 is 1.12 bits per heavy atom. The van der Waals surface area contributed by atoms with Gasteiger partial charge >= 0.3 is 11.9 Å². The lowest BCUT2D eigenvalue weighted by atomic mass is 10.1. The molecule has 0 fully saturated rings. The van der Waals surface area contributed by atoms with E-state index >= 15 is 0 Å². The summed E-state index contributed by atoms with van der Waals surface area (Å²) in [4.78, 5) is 23.4. The number of nitrogens with zero attached hydrogens (tertiary/aromatic N) is 1. The van der Waals surface area contributed by atoms with E-state index in [2.05, 4.69) is 4.74 Å². The van der Waals surface area contributed by atoms with Gasteiger partial charge in [0.25, 0.3) is 0 Å². The Bertz CT molecular complexity index is 863. The normalized spacial score (nSPS) is 10.2. The number of hydrogen-bond acceptors (Lipinski definition) is 6. The second kappa shape index (κ2) is 9.04. The number of hydrogen-bond donors (Lipinski definition) is 0. The highest BCUT2D eigenvalue weighted by Gasteiger charge is 2.10. The molecule has 0 spiro atoms. The Hall–Kier alpha value is -3.59. The molecule has 0 bridgehead atoms. The molecule has 0 aliphatic carbocycles. The minimum atomic E-state index is -0.590. The first-order valence-electron chi connectivity index (χ1n) is 7.82. The molecule has 0 amide bonds. The van der Waals surface area contributed by atoms with Crippen LogP contribution in [0.4, 0.5) is 0 Å². The Labute approximate surface area is 151 Å². The van der Waals surface area contributed by atoms with Gasteiger partial charge in [0.15, 0.2) is 11.5 Å². The molecule has 0 heterocycles. The smallest absolute Gasteiger partial charge is 0.337 e. The van der Waals surface area contributed by atoms with Gasteiger partial charge in [-0.25, -0.2) is 9.59 Å². The zero-order valence-corrected chi connectivity index (χ0v) is 14.4. The third-order valence-electron chi connectivity index (χ3n) is 3.33. The maximum Gasteiger partial charge on any atom is 0.337 e. The van der Waals surface area contributed by atoms with Crippen molar-refractivity contribution in [2.24, 2.45) is 0 Å². The van der Waals surface area contributed by atoms with Crippen LogP contribution >= 0.6 is 0 Å². The summed E-state index contributed by atoms with van der Waals surface area (Å²) in [6.45, 7) is 2.17. The van der Waals surface area contributed by atoms with Crippen LogP contribution in [0, 0.1) is 11.3 Å². The lowest BCUT2D eigenvalue weighted by Gasteiger charge is -2.09. The molecule has 0 saturated carbocycles. The minimum Gasteiger partial charge on any atom is -0.490 e.